The molecule has 98 valence electrons. The van der Waals surface area contributed by atoms with Gasteiger partial charge in [-0.3, -0.25) is 0 Å². The first-order valence-electron chi connectivity index (χ1n) is 5.71. The van der Waals surface area contributed by atoms with Gasteiger partial charge < -0.3 is 9.84 Å². The van der Waals surface area contributed by atoms with Crippen LogP contribution < -0.4 is 4.74 Å². The van der Waals surface area contributed by atoms with E-state index in [4.69, 9.17) is 16.3 Å². The van der Waals surface area contributed by atoms with Crippen LogP contribution in [0.1, 0.15) is 15.9 Å². The Labute approximate surface area is 116 Å². The molecule has 3 nitrogen and oxygen atoms in total. The maximum atomic E-state index is 11.3. The van der Waals surface area contributed by atoms with Crippen molar-refractivity contribution in [1.29, 1.82) is 0 Å². The van der Waals surface area contributed by atoms with Crippen LogP contribution in [0.25, 0.3) is 11.1 Å². The fraction of sp³-hybridized carbons (Fsp3) is 0.133. The van der Waals surface area contributed by atoms with Crippen LogP contribution in [0.3, 0.4) is 0 Å². The Morgan fingerprint density at radius 2 is 2.00 bits per heavy atom. The van der Waals surface area contributed by atoms with Gasteiger partial charge in [-0.25, -0.2) is 4.79 Å². The van der Waals surface area contributed by atoms with Gasteiger partial charge in [0, 0.05) is 0 Å². The summed E-state index contributed by atoms with van der Waals surface area (Å²) in [5.74, 6) is -0.267. The van der Waals surface area contributed by atoms with Crippen molar-refractivity contribution in [3.63, 3.8) is 0 Å². The molecule has 2 aromatic carbocycles. The summed E-state index contributed by atoms with van der Waals surface area (Å²) in [6, 6.07) is 10.6. The molecule has 0 bridgehead atoms. The molecule has 19 heavy (non-hydrogen) atoms. The Morgan fingerprint density at radius 1 is 1.26 bits per heavy atom. The van der Waals surface area contributed by atoms with Gasteiger partial charge in [0.15, 0.2) is 0 Å². The van der Waals surface area contributed by atoms with Gasteiger partial charge in [0.05, 0.1) is 17.7 Å². The summed E-state index contributed by atoms with van der Waals surface area (Å²) in [5, 5.41) is 9.50. The number of halogens is 1. The lowest BCUT2D eigenvalue weighted by molar-refractivity contribution is 0.0698. The van der Waals surface area contributed by atoms with Gasteiger partial charge in [0.1, 0.15) is 5.75 Å². The second kappa shape index (κ2) is 5.33. The first-order chi connectivity index (χ1) is 9.04. The molecule has 0 unspecified atom stereocenters. The summed E-state index contributed by atoms with van der Waals surface area (Å²) in [7, 11) is 1.60. The van der Waals surface area contributed by atoms with Gasteiger partial charge in [-0.2, -0.15) is 0 Å². The SMILES string of the molecule is COc1ccc(-c2cccc(Cl)c2C(=O)O)cc1C. The summed E-state index contributed by atoms with van der Waals surface area (Å²) in [6.45, 7) is 1.91. The normalized spacial score (nSPS) is 10.3. The molecule has 0 saturated heterocycles. The van der Waals surface area contributed by atoms with Crippen molar-refractivity contribution in [3.05, 3.63) is 52.5 Å². The molecule has 1 N–H and O–H groups in total. The van der Waals surface area contributed by atoms with Crippen LogP contribution in [0, 0.1) is 6.92 Å². The van der Waals surface area contributed by atoms with E-state index < -0.39 is 5.97 Å². The number of rotatable bonds is 3. The zero-order chi connectivity index (χ0) is 14.0. The van der Waals surface area contributed by atoms with Crippen molar-refractivity contribution in [1.82, 2.24) is 0 Å². The lowest BCUT2D eigenvalue weighted by Gasteiger charge is -2.10. The number of aryl methyl sites for hydroxylation is 1. The Kier molecular flexibility index (Phi) is 3.76. The number of carboxylic acid groups (broad SMARTS) is 1. The Bertz CT molecular complexity index is 635. The van der Waals surface area contributed by atoms with Crippen LogP contribution >= 0.6 is 11.6 Å². The predicted octanol–water partition coefficient (Wildman–Crippen LogP) is 4.02. The van der Waals surface area contributed by atoms with E-state index in [9.17, 15) is 9.90 Å². The second-order valence-corrected chi connectivity index (χ2v) is 4.56. The third-order valence-electron chi connectivity index (χ3n) is 2.93. The van der Waals surface area contributed by atoms with E-state index in [2.05, 4.69) is 0 Å². The summed E-state index contributed by atoms with van der Waals surface area (Å²) in [5.41, 5.74) is 2.47. The molecule has 0 spiro atoms. The summed E-state index contributed by atoms with van der Waals surface area (Å²) in [4.78, 5) is 11.3. The zero-order valence-electron chi connectivity index (χ0n) is 10.6. The van der Waals surface area contributed by atoms with Crippen LogP contribution in [0.15, 0.2) is 36.4 Å². The standard InChI is InChI=1S/C15H13ClO3/c1-9-8-10(6-7-13(9)19-2)11-4-3-5-12(16)14(11)15(17)18/h3-8H,1-2H3,(H,17,18). The van der Waals surface area contributed by atoms with Crippen LogP contribution in [0.2, 0.25) is 5.02 Å². The van der Waals surface area contributed by atoms with Gasteiger partial charge in [0.25, 0.3) is 0 Å². The third kappa shape index (κ3) is 2.56. The highest BCUT2D eigenvalue weighted by molar-refractivity contribution is 6.34. The molecule has 0 fully saturated rings. The minimum Gasteiger partial charge on any atom is -0.496 e. The molecular formula is C15H13ClO3. The summed E-state index contributed by atoms with van der Waals surface area (Å²) in [6.07, 6.45) is 0. The van der Waals surface area contributed by atoms with Gasteiger partial charge in [-0.15, -0.1) is 0 Å². The summed E-state index contributed by atoms with van der Waals surface area (Å²) < 4.78 is 5.19. The number of hydrogen-bond acceptors (Lipinski definition) is 2. The second-order valence-electron chi connectivity index (χ2n) is 4.15. The Balaban J connectivity index is 2.62. The largest absolute Gasteiger partial charge is 0.496 e. The third-order valence-corrected chi connectivity index (χ3v) is 3.25. The molecular weight excluding hydrogens is 264 g/mol. The summed E-state index contributed by atoms with van der Waals surface area (Å²) >= 11 is 5.97. The number of aromatic carboxylic acids is 1. The van der Waals surface area contributed by atoms with E-state index in [1.54, 1.807) is 25.3 Å². The highest BCUT2D eigenvalue weighted by Crippen LogP contribution is 2.31. The van der Waals surface area contributed by atoms with Crippen molar-refractivity contribution in [2.24, 2.45) is 0 Å². The van der Waals surface area contributed by atoms with Crippen molar-refractivity contribution in [2.75, 3.05) is 7.11 Å². The number of hydrogen-bond donors (Lipinski definition) is 1. The molecule has 0 radical (unpaired) electrons. The molecule has 0 saturated carbocycles. The highest BCUT2D eigenvalue weighted by atomic mass is 35.5. The molecule has 2 rings (SSSR count). The average Bonchev–Trinajstić information content (AvgIpc) is 2.37. The molecule has 4 heteroatoms. The first-order valence-corrected chi connectivity index (χ1v) is 6.09. The van der Waals surface area contributed by atoms with E-state index in [0.717, 1.165) is 16.9 Å². The Hall–Kier alpha value is -2.00. The molecule has 0 aliphatic heterocycles. The van der Waals surface area contributed by atoms with Gasteiger partial charge in [0.2, 0.25) is 0 Å². The number of methoxy groups -OCH3 is 1. The Morgan fingerprint density at radius 3 is 2.58 bits per heavy atom. The quantitative estimate of drug-likeness (QED) is 0.921. The minimum absolute atomic E-state index is 0.119. The molecule has 0 aliphatic rings. The average molecular weight is 277 g/mol. The molecule has 0 atom stereocenters. The van der Waals surface area contributed by atoms with Crippen LogP contribution in [-0.2, 0) is 0 Å². The lowest BCUT2D eigenvalue weighted by atomic mass is 9.98. The van der Waals surface area contributed by atoms with Crippen LogP contribution in [0.4, 0.5) is 0 Å². The molecule has 0 amide bonds. The fourth-order valence-corrected chi connectivity index (χ4v) is 2.28. The van der Waals surface area contributed by atoms with Crippen molar-refractivity contribution in [2.45, 2.75) is 6.92 Å². The monoisotopic (exact) mass is 276 g/mol. The lowest BCUT2D eigenvalue weighted by Crippen LogP contribution is -2.01. The van der Waals surface area contributed by atoms with Gasteiger partial charge in [-0.05, 0) is 41.8 Å². The van der Waals surface area contributed by atoms with E-state index in [0.29, 0.717) is 5.56 Å². The molecule has 0 heterocycles. The van der Waals surface area contributed by atoms with Crippen LogP contribution in [-0.4, -0.2) is 18.2 Å². The topological polar surface area (TPSA) is 46.5 Å². The first kappa shape index (κ1) is 13.4. The highest BCUT2D eigenvalue weighted by Gasteiger charge is 2.16. The van der Waals surface area contributed by atoms with E-state index in [1.807, 2.05) is 25.1 Å². The van der Waals surface area contributed by atoms with Gasteiger partial charge in [-0.1, -0.05) is 29.8 Å². The number of ether oxygens (including phenoxy) is 1. The smallest absolute Gasteiger partial charge is 0.337 e. The van der Waals surface area contributed by atoms with Gasteiger partial charge >= 0.3 is 5.97 Å². The predicted molar refractivity (Wildman–Crippen MR) is 75.1 cm³/mol. The van der Waals surface area contributed by atoms with Crippen molar-refractivity contribution in [3.8, 4) is 16.9 Å². The van der Waals surface area contributed by atoms with E-state index in [1.165, 1.54) is 0 Å². The molecule has 0 aromatic heterocycles. The molecule has 2 aromatic rings. The number of carbonyl (C=O) groups is 1. The maximum Gasteiger partial charge on any atom is 0.337 e. The van der Waals surface area contributed by atoms with Crippen LogP contribution in [0.5, 0.6) is 5.75 Å². The van der Waals surface area contributed by atoms with Crippen molar-refractivity contribution < 1.29 is 14.6 Å². The molecule has 0 aliphatic carbocycles. The maximum absolute atomic E-state index is 11.3. The zero-order valence-corrected chi connectivity index (χ0v) is 11.4. The fourth-order valence-electron chi connectivity index (χ4n) is 2.03. The van der Waals surface area contributed by atoms with E-state index >= 15 is 0 Å². The number of carboxylic acids is 1. The minimum atomic E-state index is -1.03. The number of benzene rings is 2. The van der Waals surface area contributed by atoms with Crippen molar-refractivity contribution >= 4 is 17.6 Å². The van der Waals surface area contributed by atoms with E-state index in [-0.39, 0.29) is 10.6 Å².